The number of fused-ring (bicyclic) bond motifs is 3. The molecule has 0 amide bonds. The lowest BCUT2D eigenvalue weighted by Gasteiger charge is -2.12. The molecule has 3 aromatic heterocycles. The minimum absolute atomic E-state index is 0.562. The first kappa shape index (κ1) is 29.9. The van der Waals surface area contributed by atoms with E-state index in [-0.39, 0.29) is 0 Å². The third-order valence-corrected chi connectivity index (χ3v) is 9.04. The van der Waals surface area contributed by atoms with Crippen molar-refractivity contribution in [2.75, 3.05) is 0 Å². The normalized spacial score (nSPS) is 11.1. The fraction of sp³-hybridized carbons (Fsp3) is 0. The van der Waals surface area contributed by atoms with E-state index in [1.807, 2.05) is 79.0 Å². The molecule has 0 aliphatic carbocycles. The van der Waals surface area contributed by atoms with E-state index in [1.165, 1.54) is 0 Å². The molecule has 0 radical (unpaired) electrons. The number of nitrogens with zero attached hydrogens (tertiary/aromatic N) is 5. The summed E-state index contributed by atoms with van der Waals surface area (Å²) >= 11 is 0. The number of hydrogen-bond acceptors (Lipinski definition) is 6. The van der Waals surface area contributed by atoms with Gasteiger partial charge in [0.05, 0.1) is 11.6 Å². The van der Waals surface area contributed by atoms with Gasteiger partial charge >= 0.3 is 0 Å². The Morgan fingerprint density at radius 3 is 1.59 bits per heavy atom. The van der Waals surface area contributed by atoms with Gasteiger partial charge in [0.2, 0.25) is 0 Å². The zero-order chi connectivity index (χ0) is 34.1. The first-order valence-corrected chi connectivity index (χ1v) is 16.6. The molecule has 9 rings (SSSR count). The average Bonchev–Trinajstić information content (AvgIpc) is 3.58. The number of hydrogen-bond donors (Lipinski definition) is 0. The van der Waals surface area contributed by atoms with Crippen LogP contribution < -0.4 is 0 Å². The molecule has 0 unspecified atom stereocenters. The largest absolute Gasteiger partial charge is 0.456 e. The van der Waals surface area contributed by atoms with Crippen molar-refractivity contribution in [3.8, 4) is 73.6 Å². The smallest absolute Gasteiger partial charge is 0.164 e. The summed E-state index contributed by atoms with van der Waals surface area (Å²) in [5.74, 6) is 1.75. The summed E-state index contributed by atoms with van der Waals surface area (Å²) in [4.78, 5) is 19.5. The number of furan rings is 1. The van der Waals surface area contributed by atoms with Gasteiger partial charge in [0.15, 0.2) is 17.5 Å². The summed E-state index contributed by atoms with van der Waals surface area (Å²) in [7, 11) is 0. The molecule has 0 aliphatic rings. The van der Waals surface area contributed by atoms with Crippen LogP contribution >= 0.6 is 0 Å². The van der Waals surface area contributed by atoms with Crippen molar-refractivity contribution in [1.82, 2.24) is 19.9 Å². The third kappa shape index (κ3) is 5.79. The number of rotatable bonds is 6. The van der Waals surface area contributed by atoms with Crippen LogP contribution in [0.4, 0.5) is 0 Å². The van der Waals surface area contributed by atoms with Crippen LogP contribution in [0.25, 0.3) is 89.5 Å². The summed E-state index contributed by atoms with van der Waals surface area (Å²) in [5, 5.41) is 11.4. The molecular formula is C45H27N5O. The SMILES string of the molecule is N#Cc1ccc2c(c1)oc1cc(-c3cc(-c4cccnc4)cc(-c4nc(-c5ccccc5)nc(-c5ccc(-c6ccccc6)cc5)n4)c3)ccc12. The zero-order valence-corrected chi connectivity index (χ0v) is 27.2. The van der Waals surface area contributed by atoms with Crippen LogP contribution in [0.2, 0.25) is 0 Å². The van der Waals surface area contributed by atoms with Crippen LogP contribution in [-0.4, -0.2) is 19.9 Å². The van der Waals surface area contributed by atoms with E-state index < -0.39 is 0 Å². The van der Waals surface area contributed by atoms with Crippen LogP contribution in [0.5, 0.6) is 0 Å². The predicted molar refractivity (Wildman–Crippen MR) is 202 cm³/mol. The fourth-order valence-corrected chi connectivity index (χ4v) is 6.44. The number of benzene rings is 6. The fourth-order valence-electron chi connectivity index (χ4n) is 6.44. The Bertz CT molecular complexity index is 2730. The van der Waals surface area contributed by atoms with Gasteiger partial charge in [0.1, 0.15) is 11.2 Å². The van der Waals surface area contributed by atoms with Gasteiger partial charge in [-0.05, 0) is 82.4 Å². The van der Waals surface area contributed by atoms with Crippen molar-refractivity contribution in [2.45, 2.75) is 0 Å². The highest BCUT2D eigenvalue weighted by Gasteiger charge is 2.16. The minimum Gasteiger partial charge on any atom is -0.456 e. The quantitative estimate of drug-likeness (QED) is 0.177. The number of nitriles is 1. The lowest BCUT2D eigenvalue weighted by atomic mass is 9.95. The molecule has 9 aromatic rings. The van der Waals surface area contributed by atoms with Crippen molar-refractivity contribution < 1.29 is 4.42 Å². The maximum atomic E-state index is 9.41. The first-order valence-electron chi connectivity index (χ1n) is 16.6. The summed E-state index contributed by atoms with van der Waals surface area (Å²) in [6.07, 6.45) is 3.63. The Morgan fingerprint density at radius 1 is 0.412 bits per heavy atom. The predicted octanol–water partition coefficient (Wildman–Crippen LogP) is 11.0. The maximum absolute atomic E-state index is 9.41. The highest BCUT2D eigenvalue weighted by Crippen LogP contribution is 2.37. The highest BCUT2D eigenvalue weighted by molar-refractivity contribution is 6.06. The van der Waals surface area contributed by atoms with Gasteiger partial charge in [-0.2, -0.15) is 5.26 Å². The molecule has 0 N–H and O–H groups in total. The summed E-state index contributed by atoms with van der Waals surface area (Å²) in [6, 6.07) is 53.0. The summed E-state index contributed by atoms with van der Waals surface area (Å²) in [6.45, 7) is 0. The minimum atomic E-state index is 0.562. The molecule has 6 nitrogen and oxygen atoms in total. The van der Waals surface area contributed by atoms with E-state index in [2.05, 4.69) is 83.8 Å². The molecule has 0 saturated heterocycles. The second-order valence-electron chi connectivity index (χ2n) is 12.3. The van der Waals surface area contributed by atoms with Gasteiger partial charge in [0.25, 0.3) is 0 Å². The zero-order valence-electron chi connectivity index (χ0n) is 27.2. The van der Waals surface area contributed by atoms with Gasteiger partial charge < -0.3 is 4.42 Å². The lowest BCUT2D eigenvalue weighted by Crippen LogP contribution is -2.00. The Hall–Kier alpha value is -7.23. The molecule has 0 fully saturated rings. The van der Waals surface area contributed by atoms with Gasteiger partial charge in [-0.25, -0.2) is 15.0 Å². The summed E-state index contributed by atoms with van der Waals surface area (Å²) < 4.78 is 6.26. The van der Waals surface area contributed by atoms with E-state index >= 15 is 0 Å². The molecule has 3 heterocycles. The van der Waals surface area contributed by atoms with Crippen LogP contribution in [-0.2, 0) is 0 Å². The van der Waals surface area contributed by atoms with Gasteiger partial charge in [-0.15, -0.1) is 0 Å². The van der Waals surface area contributed by atoms with Gasteiger partial charge in [-0.3, -0.25) is 4.98 Å². The standard InChI is InChI=1S/C45H27N5O/c46-27-29-13-19-39-40-20-18-34(26-42(40)51-41(39)22-29)36-23-37(35-12-7-21-47-28-35)25-38(24-36)45-49-43(32-10-5-2-6-11-32)48-44(50-45)33-16-14-31(15-17-33)30-8-3-1-4-9-30/h1-26,28H. The summed E-state index contributed by atoms with van der Waals surface area (Å²) in [5.41, 5.74) is 10.8. The first-order chi connectivity index (χ1) is 25.2. The second-order valence-corrected chi connectivity index (χ2v) is 12.3. The highest BCUT2D eigenvalue weighted by atomic mass is 16.3. The molecule has 0 saturated carbocycles. The van der Waals surface area contributed by atoms with Crippen molar-refractivity contribution in [1.29, 1.82) is 5.26 Å². The molecule has 6 heteroatoms. The number of aromatic nitrogens is 4. The van der Waals surface area contributed by atoms with Crippen LogP contribution in [0, 0.1) is 11.3 Å². The molecule has 238 valence electrons. The van der Waals surface area contributed by atoms with E-state index in [4.69, 9.17) is 19.4 Å². The van der Waals surface area contributed by atoms with E-state index in [1.54, 1.807) is 12.3 Å². The second kappa shape index (κ2) is 12.7. The molecular weight excluding hydrogens is 627 g/mol. The molecule has 6 aromatic carbocycles. The Kier molecular flexibility index (Phi) is 7.42. The molecule has 0 atom stereocenters. The molecule has 0 spiro atoms. The monoisotopic (exact) mass is 653 g/mol. The molecule has 0 bridgehead atoms. The Morgan fingerprint density at radius 2 is 0.922 bits per heavy atom. The molecule has 51 heavy (non-hydrogen) atoms. The van der Waals surface area contributed by atoms with Crippen molar-refractivity contribution in [2.24, 2.45) is 0 Å². The topological polar surface area (TPSA) is 88.5 Å². The number of pyridine rings is 1. The Balaban J connectivity index is 1.21. The van der Waals surface area contributed by atoms with Crippen molar-refractivity contribution in [3.63, 3.8) is 0 Å². The van der Waals surface area contributed by atoms with E-state index in [0.29, 0.717) is 28.6 Å². The maximum Gasteiger partial charge on any atom is 0.164 e. The van der Waals surface area contributed by atoms with Crippen LogP contribution in [0.3, 0.4) is 0 Å². The third-order valence-electron chi connectivity index (χ3n) is 9.04. The van der Waals surface area contributed by atoms with Crippen molar-refractivity contribution in [3.05, 3.63) is 170 Å². The van der Waals surface area contributed by atoms with Crippen molar-refractivity contribution >= 4 is 21.9 Å². The van der Waals surface area contributed by atoms with Crippen LogP contribution in [0.15, 0.2) is 168 Å². The van der Waals surface area contributed by atoms with Crippen LogP contribution in [0.1, 0.15) is 5.56 Å². The lowest BCUT2D eigenvalue weighted by molar-refractivity contribution is 0.669. The Labute approximate surface area is 294 Å². The van der Waals surface area contributed by atoms with Gasteiger partial charge in [0, 0.05) is 45.4 Å². The average molecular weight is 654 g/mol. The van der Waals surface area contributed by atoms with Gasteiger partial charge in [-0.1, -0.05) is 97.1 Å². The molecule has 0 aliphatic heterocycles. The van der Waals surface area contributed by atoms with E-state index in [9.17, 15) is 5.26 Å². The van der Waals surface area contributed by atoms with E-state index in [0.717, 1.165) is 66.4 Å².